The molecule has 138 valence electrons. The first kappa shape index (κ1) is 18.4. The summed E-state index contributed by atoms with van der Waals surface area (Å²) in [6.07, 6.45) is -0.929. The normalized spacial score (nSPS) is 20.1. The maximum Gasteiger partial charge on any atom is 0.246 e. The standard InChI is InChI=1S/C16H18FN5O3S/c1-10-2-8-13(9-3-10)26(24,25)21-15-14(19-22-20-15)16(23)18-12-6-4-11(17)5-7-12/h2-9,14-15,19-22H,1H3,(H,18,23). The fraction of sp³-hybridized carbons (Fsp3) is 0.188. The molecule has 5 N–H and O–H groups in total. The average Bonchev–Trinajstić information content (AvgIpc) is 3.05. The molecule has 10 heteroatoms. The van der Waals surface area contributed by atoms with Crippen molar-refractivity contribution in [1.82, 2.24) is 21.1 Å². The Bertz CT molecular complexity index is 887. The van der Waals surface area contributed by atoms with E-state index in [1.54, 1.807) is 12.1 Å². The maximum atomic E-state index is 12.9. The highest BCUT2D eigenvalue weighted by molar-refractivity contribution is 7.89. The van der Waals surface area contributed by atoms with E-state index in [0.29, 0.717) is 5.69 Å². The van der Waals surface area contributed by atoms with Crippen LogP contribution in [0.3, 0.4) is 0 Å². The number of amides is 1. The lowest BCUT2D eigenvalue weighted by Gasteiger charge is -2.19. The highest BCUT2D eigenvalue weighted by atomic mass is 32.2. The van der Waals surface area contributed by atoms with E-state index < -0.39 is 34.0 Å². The van der Waals surface area contributed by atoms with Crippen LogP contribution in [0.1, 0.15) is 5.56 Å². The molecular weight excluding hydrogens is 361 g/mol. The van der Waals surface area contributed by atoms with Gasteiger partial charge in [0.15, 0.2) is 0 Å². The number of anilines is 1. The molecule has 1 aliphatic rings. The zero-order valence-corrected chi connectivity index (χ0v) is 14.6. The fourth-order valence-electron chi connectivity index (χ4n) is 2.38. The molecule has 0 bridgehead atoms. The van der Waals surface area contributed by atoms with Gasteiger partial charge in [0, 0.05) is 5.69 Å². The molecule has 1 aliphatic heterocycles. The van der Waals surface area contributed by atoms with Crippen molar-refractivity contribution in [3.63, 3.8) is 0 Å². The number of hydrogen-bond donors (Lipinski definition) is 5. The van der Waals surface area contributed by atoms with Crippen molar-refractivity contribution in [2.45, 2.75) is 24.0 Å². The summed E-state index contributed by atoms with van der Waals surface area (Å²) >= 11 is 0. The lowest BCUT2D eigenvalue weighted by molar-refractivity contribution is -0.118. The molecule has 1 amide bonds. The summed E-state index contributed by atoms with van der Waals surface area (Å²) in [5, 5.41) is 2.59. The highest BCUT2D eigenvalue weighted by Crippen LogP contribution is 2.13. The molecule has 26 heavy (non-hydrogen) atoms. The van der Waals surface area contributed by atoms with Crippen molar-refractivity contribution >= 4 is 21.6 Å². The molecule has 8 nitrogen and oxygen atoms in total. The van der Waals surface area contributed by atoms with Gasteiger partial charge in [-0.2, -0.15) is 10.3 Å². The number of aryl methyl sites for hydroxylation is 1. The van der Waals surface area contributed by atoms with Crippen molar-refractivity contribution in [2.75, 3.05) is 5.32 Å². The van der Waals surface area contributed by atoms with E-state index in [1.807, 2.05) is 6.92 Å². The zero-order valence-electron chi connectivity index (χ0n) is 13.8. The first-order chi connectivity index (χ1) is 12.3. The largest absolute Gasteiger partial charge is 0.325 e. The van der Waals surface area contributed by atoms with Crippen LogP contribution in [0.25, 0.3) is 0 Å². The monoisotopic (exact) mass is 379 g/mol. The Morgan fingerprint density at radius 2 is 1.69 bits per heavy atom. The van der Waals surface area contributed by atoms with Crippen LogP contribution in [0, 0.1) is 12.7 Å². The fourth-order valence-corrected chi connectivity index (χ4v) is 3.54. The van der Waals surface area contributed by atoms with Crippen LogP contribution in [-0.2, 0) is 14.8 Å². The van der Waals surface area contributed by atoms with Gasteiger partial charge < -0.3 is 5.32 Å². The minimum absolute atomic E-state index is 0.0921. The van der Waals surface area contributed by atoms with Crippen molar-refractivity contribution in [3.8, 4) is 0 Å². The third-order valence-corrected chi connectivity index (χ3v) is 5.25. The molecule has 2 aromatic carbocycles. The number of hydrogen-bond acceptors (Lipinski definition) is 6. The topological polar surface area (TPSA) is 111 Å². The van der Waals surface area contributed by atoms with E-state index in [4.69, 9.17) is 0 Å². The predicted molar refractivity (Wildman–Crippen MR) is 93.5 cm³/mol. The number of benzene rings is 2. The van der Waals surface area contributed by atoms with Crippen molar-refractivity contribution in [3.05, 3.63) is 59.9 Å². The molecule has 0 saturated carbocycles. The van der Waals surface area contributed by atoms with E-state index in [2.05, 4.69) is 26.4 Å². The summed E-state index contributed by atoms with van der Waals surface area (Å²) in [6.45, 7) is 1.85. The van der Waals surface area contributed by atoms with E-state index in [9.17, 15) is 17.6 Å². The molecule has 0 radical (unpaired) electrons. The van der Waals surface area contributed by atoms with E-state index in [-0.39, 0.29) is 4.90 Å². The Labute approximate surface area is 150 Å². The van der Waals surface area contributed by atoms with E-state index in [0.717, 1.165) is 5.56 Å². The minimum atomic E-state index is -3.83. The van der Waals surface area contributed by atoms with Gasteiger partial charge in [-0.1, -0.05) is 17.7 Å². The third-order valence-electron chi connectivity index (χ3n) is 3.80. The smallest absolute Gasteiger partial charge is 0.246 e. The molecule has 1 heterocycles. The van der Waals surface area contributed by atoms with Crippen LogP contribution in [0.5, 0.6) is 0 Å². The summed E-state index contributed by atoms with van der Waals surface area (Å²) in [5.41, 5.74) is 9.16. The van der Waals surface area contributed by atoms with Gasteiger partial charge in [0.2, 0.25) is 15.9 Å². The quantitative estimate of drug-likeness (QED) is 0.513. The Balaban J connectivity index is 1.70. The Hall–Kier alpha value is -2.37. The number of hydrazine groups is 2. The van der Waals surface area contributed by atoms with Crippen LogP contribution in [0.4, 0.5) is 10.1 Å². The van der Waals surface area contributed by atoms with Gasteiger partial charge in [-0.15, -0.1) is 0 Å². The third kappa shape index (κ3) is 4.23. The first-order valence-electron chi connectivity index (χ1n) is 7.77. The van der Waals surface area contributed by atoms with Crippen molar-refractivity contribution in [2.24, 2.45) is 0 Å². The minimum Gasteiger partial charge on any atom is -0.325 e. The van der Waals surface area contributed by atoms with Crippen LogP contribution < -0.4 is 26.4 Å². The molecule has 3 rings (SSSR count). The summed E-state index contributed by atoms with van der Waals surface area (Å²) in [4.78, 5) is 12.5. The average molecular weight is 379 g/mol. The number of sulfonamides is 1. The molecule has 2 atom stereocenters. The molecule has 0 spiro atoms. The molecule has 0 aromatic heterocycles. The van der Waals surface area contributed by atoms with Crippen LogP contribution in [-0.4, -0.2) is 26.5 Å². The molecule has 2 aromatic rings. The van der Waals surface area contributed by atoms with E-state index in [1.165, 1.54) is 36.4 Å². The number of nitrogens with one attached hydrogen (secondary N) is 5. The Kier molecular flexibility index (Phi) is 5.30. The van der Waals surface area contributed by atoms with Crippen LogP contribution in [0.15, 0.2) is 53.4 Å². The second kappa shape index (κ2) is 7.48. The van der Waals surface area contributed by atoms with Gasteiger partial charge in [-0.25, -0.2) is 23.7 Å². The molecule has 2 unspecified atom stereocenters. The second-order valence-corrected chi connectivity index (χ2v) is 7.51. The number of carbonyl (C=O) groups is 1. The van der Waals surface area contributed by atoms with Gasteiger partial charge in [-0.05, 0) is 43.3 Å². The highest BCUT2D eigenvalue weighted by Gasteiger charge is 2.36. The second-order valence-electron chi connectivity index (χ2n) is 5.80. The van der Waals surface area contributed by atoms with Gasteiger partial charge >= 0.3 is 0 Å². The zero-order chi connectivity index (χ0) is 18.7. The Morgan fingerprint density at radius 3 is 2.35 bits per heavy atom. The van der Waals surface area contributed by atoms with Gasteiger partial charge in [0.25, 0.3) is 0 Å². The van der Waals surface area contributed by atoms with Crippen LogP contribution >= 0.6 is 0 Å². The number of rotatable bonds is 5. The SMILES string of the molecule is Cc1ccc(S(=O)(=O)NC2NNNC2C(=O)Nc2ccc(F)cc2)cc1. The van der Waals surface area contributed by atoms with Gasteiger partial charge in [-0.3, -0.25) is 4.79 Å². The summed E-state index contributed by atoms with van der Waals surface area (Å²) in [5.74, 6) is -0.917. The van der Waals surface area contributed by atoms with Gasteiger partial charge in [0.1, 0.15) is 18.0 Å². The summed E-state index contributed by atoms with van der Waals surface area (Å²) < 4.78 is 40.3. The first-order valence-corrected chi connectivity index (χ1v) is 9.25. The molecular formula is C16H18FN5O3S. The molecule has 0 aliphatic carbocycles. The lowest BCUT2D eigenvalue weighted by Crippen LogP contribution is -2.53. The molecule has 1 saturated heterocycles. The predicted octanol–water partition coefficient (Wildman–Crippen LogP) is 0.358. The maximum absolute atomic E-state index is 12.9. The number of halogens is 1. The number of carbonyl (C=O) groups excluding carboxylic acids is 1. The van der Waals surface area contributed by atoms with Crippen LogP contribution in [0.2, 0.25) is 0 Å². The van der Waals surface area contributed by atoms with Crippen molar-refractivity contribution < 1.29 is 17.6 Å². The lowest BCUT2D eigenvalue weighted by atomic mass is 10.2. The summed E-state index contributed by atoms with van der Waals surface area (Å²) in [7, 11) is -3.83. The summed E-state index contributed by atoms with van der Waals surface area (Å²) in [6, 6.07) is 10.7. The Morgan fingerprint density at radius 1 is 1.04 bits per heavy atom. The van der Waals surface area contributed by atoms with Gasteiger partial charge in [0.05, 0.1) is 4.90 Å². The van der Waals surface area contributed by atoms with E-state index >= 15 is 0 Å². The van der Waals surface area contributed by atoms with Crippen molar-refractivity contribution in [1.29, 1.82) is 0 Å². The molecule has 1 fully saturated rings.